The minimum atomic E-state index is 0.126. The molecule has 1 unspecified atom stereocenters. The van der Waals surface area contributed by atoms with E-state index >= 15 is 0 Å². The van der Waals surface area contributed by atoms with E-state index in [0.717, 1.165) is 31.0 Å². The van der Waals surface area contributed by atoms with Crippen LogP contribution in [0.3, 0.4) is 0 Å². The second-order valence-electron chi connectivity index (χ2n) is 4.82. The van der Waals surface area contributed by atoms with Gasteiger partial charge in [0.05, 0.1) is 18.3 Å². The molecule has 0 spiro atoms. The molecule has 0 amide bonds. The first-order valence-electron chi connectivity index (χ1n) is 7.20. The van der Waals surface area contributed by atoms with E-state index in [-0.39, 0.29) is 6.04 Å². The Hall–Kier alpha value is -1.81. The van der Waals surface area contributed by atoms with Gasteiger partial charge >= 0.3 is 0 Å². The van der Waals surface area contributed by atoms with Crippen LogP contribution in [0.25, 0.3) is 0 Å². The summed E-state index contributed by atoms with van der Waals surface area (Å²) in [4.78, 5) is 0. The Bertz CT molecular complexity index is 519. The van der Waals surface area contributed by atoms with Crippen molar-refractivity contribution in [3.05, 3.63) is 47.8 Å². The van der Waals surface area contributed by atoms with Crippen molar-refractivity contribution in [1.29, 1.82) is 0 Å². The van der Waals surface area contributed by atoms with Gasteiger partial charge in [0.2, 0.25) is 0 Å². The molecule has 2 aromatic rings. The van der Waals surface area contributed by atoms with E-state index in [4.69, 9.17) is 4.74 Å². The standard InChI is InChI=1S/C16H23N3O/c1-4-12-20-14-8-6-13(7-9-14)16(17-5-2)15-10-11-19(3)18-15/h6-11,16-17H,4-5,12H2,1-3H3. The highest BCUT2D eigenvalue weighted by Gasteiger charge is 2.15. The van der Waals surface area contributed by atoms with Gasteiger partial charge in [-0.3, -0.25) is 4.68 Å². The van der Waals surface area contributed by atoms with Crippen LogP contribution in [0.5, 0.6) is 5.75 Å². The molecule has 1 aromatic heterocycles. The zero-order valence-electron chi connectivity index (χ0n) is 12.5. The molecule has 0 bridgehead atoms. The molecule has 0 aliphatic rings. The average Bonchev–Trinajstić information content (AvgIpc) is 2.89. The Morgan fingerprint density at radius 2 is 1.95 bits per heavy atom. The van der Waals surface area contributed by atoms with Gasteiger partial charge in [-0.15, -0.1) is 0 Å². The zero-order valence-corrected chi connectivity index (χ0v) is 12.5. The molecule has 4 heteroatoms. The Labute approximate surface area is 120 Å². The van der Waals surface area contributed by atoms with E-state index in [2.05, 4.69) is 42.5 Å². The fraction of sp³-hybridized carbons (Fsp3) is 0.438. The van der Waals surface area contributed by atoms with Crippen molar-refractivity contribution < 1.29 is 4.74 Å². The van der Waals surface area contributed by atoms with E-state index in [9.17, 15) is 0 Å². The summed E-state index contributed by atoms with van der Waals surface area (Å²) in [6.45, 7) is 5.87. The number of ether oxygens (including phenoxy) is 1. The second-order valence-corrected chi connectivity index (χ2v) is 4.82. The highest BCUT2D eigenvalue weighted by molar-refractivity contribution is 5.33. The number of benzene rings is 1. The number of hydrogen-bond donors (Lipinski definition) is 1. The maximum atomic E-state index is 5.62. The number of rotatable bonds is 7. The molecule has 20 heavy (non-hydrogen) atoms. The first-order chi connectivity index (χ1) is 9.74. The Morgan fingerprint density at radius 1 is 1.20 bits per heavy atom. The molecule has 0 saturated heterocycles. The molecule has 108 valence electrons. The van der Waals surface area contributed by atoms with Gasteiger partial charge < -0.3 is 10.1 Å². The monoisotopic (exact) mass is 273 g/mol. The summed E-state index contributed by atoms with van der Waals surface area (Å²) in [5.74, 6) is 0.923. The van der Waals surface area contributed by atoms with Crippen molar-refractivity contribution in [3.63, 3.8) is 0 Å². The molecule has 0 aliphatic carbocycles. The molecule has 0 saturated carbocycles. The van der Waals surface area contributed by atoms with Gasteiger partial charge in [0, 0.05) is 13.2 Å². The van der Waals surface area contributed by atoms with Crippen molar-refractivity contribution in [2.75, 3.05) is 13.2 Å². The lowest BCUT2D eigenvalue weighted by molar-refractivity contribution is 0.317. The van der Waals surface area contributed by atoms with Crippen LogP contribution in [0, 0.1) is 0 Å². The third-order valence-electron chi connectivity index (χ3n) is 3.12. The van der Waals surface area contributed by atoms with E-state index in [1.807, 2.05) is 30.1 Å². The quantitative estimate of drug-likeness (QED) is 0.843. The Kier molecular flexibility index (Phi) is 5.18. The third kappa shape index (κ3) is 3.61. The summed E-state index contributed by atoms with van der Waals surface area (Å²) in [5.41, 5.74) is 2.24. The molecule has 1 aromatic carbocycles. The summed E-state index contributed by atoms with van der Waals surface area (Å²) in [6.07, 6.45) is 2.99. The van der Waals surface area contributed by atoms with Crippen molar-refractivity contribution in [2.24, 2.45) is 7.05 Å². The van der Waals surface area contributed by atoms with Crippen LogP contribution in [-0.2, 0) is 7.05 Å². The van der Waals surface area contributed by atoms with E-state index in [0.29, 0.717) is 0 Å². The summed E-state index contributed by atoms with van der Waals surface area (Å²) >= 11 is 0. The highest BCUT2D eigenvalue weighted by Crippen LogP contribution is 2.23. The third-order valence-corrected chi connectivity index (χ3v) is 3.12. The zero-order chi connectivity index (χ0) is 14.4. The predicted octanol–water partition coefficient (Wildman–Crippen LogP) is 2.91. The second kappa shape index (κ2) is 7.10. The van der Waals surface area contributed by atoms with Gasteiger partial charge in [-0.25, -0.2) is 0 Å². The first-order valence-corrected chi connectivity index (χ1v) is 7.20. The largest absolute Gasteiger partial charge is 0.494 e. The van der Waals surface area contributed by atoms with Crippen LogP contribution >= 0.6 is 0 Å². The molecule has 1 heterocycles. The lowest BCUT2D eigenvalue weighted by Crippen LogP contribution is -2.22. The van der Waals surface area contributed by atoms with Crippen molar-refractivity contribution in [2.45, 2.75) is 26.3 Å². The Balaban J connectivity index is 2.17. The van der Waals surface area contributed by atoms with Gasteiger partial charge in [0.15, 0.2) is 0 Å². The molecule has 0 fully saturated rings. The molecule has 1 N–H and O–H groups in total. The van der Waals surface area contributed by atoms with Gasteiger partial charge in [-0.2, -0.15) is 5.10 Å². The number of nitrogens with zero attached hydrogens (tertiary/aromatic N) is 2. The summed E-state index contributed by atoms with van der Waals surface area (Å²) in [5, 5.41) is 7.98. The van der Waals surface area contributed by atoms with Crippen molar-refractivity contribution in [3.8, 4) is 5.75 Å². The molecule has 0 radical (unpaired) electrons. The molecular weight excluding hydrogens is 250 g/mol. The van der Waals surface area contributed by atoms with E-state index in [1.165, 1.54) is 5.56 Å². The molecule has 4 nitrogen and oxygen atoms in total. The summed E-state index contributed by atoms with van der Waals surface area (Å²) in [6, 6.07) is 10.4. The van der Waals surface area contributed by atoms with E-state index < -0.39 is 0 Å². The Morgan fingerprint density at radius 3 is 2.50 bits per heavy atom. The predicted molar refractivity (Wildman–Crippen MR) is 81.0 cm³/mol. The fourth-order valence-corrected chi connectivity index (χ4v) is 2.16. The van der Waals surface area contributed by atoms with Gasteiger partial charge in [-0.05, 0) is 36.7 Å². The smallest absolute Gasteiger partial charge is 0.119 e. The number of hydrogen-bond acceptors (Lipinski definition) is 3. The van der Waals surface area contributed by atoms with Gasteiger partial charge in [-0.1, -0.05) is 26.0 Å². The lowest BCUT2D eigenvalue weighted by Gasteiger charge is -2.16. The van der Waals surface area contributed by atoms with Gasteiger partial charge in [0.25, 0.3) is 0 Å². The first kappa shape index (κ1) is 14.6. The number of aryl methyl sites for hydroxylation is 1. The van der Waals surface area contributed by atoms with Gasteiger partial charge in [0.1, 0.15) is 5.75 Å². The molecule has 1 atom stereocenters. The molecule has 0 aliphatic heterocycles. The minimum absolute atomic E-state index is 0.126. The van der Waals surface area contributed by atoms with Crippen LogP contribution in [0.4, 0.5) is 0 Å². The average molecular weight is 273 g/mol. The minimum Gasteiger partial charge on any atom is -0.494 e. The van der Waals surface area contributed by atoms with Crippen molar-refractivity contribution >= 4 is 0 Å². The highest BCUT2D eigenvalue weighted by atomic mass is 16.5. The van der Waals surface area contributed by atoms with Crippen LogP contribution < -0.4 is 10.1 Å². The maximum Gasteiger partial charge on any atom is 0.119 e. The molecule has 2 rings (SSSR count). The van der Waals surface area contributed by atoms with Crippen LogP contribution in [0.1, 0.15) is 37.6 Å². The van der Waals surface area contributed by atoms with Crippen molar-refractivity contribution in [1.82, 2.24) is 15.1 Å². The summed E-state index contributed by atoms with van der Waals surface area (Å²) < 4.78 is 7.45. The van der Waals surface area contributed by atoms with Crippen LogP contribution in [0.2, 0.25) is 0 Å². The number of aromatic nitrogens is 2. The number of nitrogens with one attached hydrogen (secondary N) is 1. The summed E-state index contributed by atoms with van der Waals surface area (Å²) in [7, 11) is 1.94. The fourth-order valence-electron chi connectivity index (χ4n) is 2.16. The molecular formula is C16H23N3O. The maximum absolute atomic E-state index is 5.62. The topological polar surface area (TPSA) is 39.1 Å². The van der Waals surface area contributed by atoms with Crippen LogP contribution in [0.15, 0.2) is 36.5 Å². The van der Waals surface area contributed by atoms with E-state index in [1.54, 1.807) is 0 Å². The van der Waals surface area contributed by atoms with Crippen LogP contribution in [-0.4, -0.2) is 22.9 Å². The normalized spacial score (nSPS) is 12.3. The lowest BCUT2D eigenvalue weighted by atomic mass is 10.0. The SMILES string of the molecule is CCCOc1ccc(C(NCC)c2ccn(C)n2)cc1.